The monoisotopic (exact) mass is 271 g/mol. The quantitative estimate of drug-likeness (QED) is 0.913. The molecule has 1 amide bonds. The molecule has 0 heterocycles. The summed E-state index contributed by atoms with van der Waals surface area (Å²) >= 11 is 0. The minimum Gasteiger partial charge on any atom is -0.444 e. The van der Waals surface area contributed by atoms with Crippen LogP contribution in [0.5, 0.6) is 0 Å². The Labute approximate surface area is 112 Å². The van der Waals surface area contributed by atoms with E-state index in [0.717, 1.165) is 5.56 Å². The van der Waals surface area contributed by atoms with Gasteiger partial charge in [0, 0.05) is 0 Å². The molecule has 0 saturated heterocycles. The fourth-order valence-electron chi connectivity index (χ4n) is 1.52. The summed E-state index contributed by atoms with van der Waals surface area (Å²) in [6, 6.07) is 5.06. The molecule has 106 valence electrons. The van der Waals surface area contributed by atoms with Crippen molar-refractivity contribution in [2.75, 3.05) is 6.67 Å². The molecule has 0 aliphatic rings. The first kappa shape index (κ1) is 15.4. The van der Waals surface area contributed by atoms with Crippen LogP contribution in [0.2, 0.25) is 0 Å². The zero-order chi connectivity index (χ0) is 14.5. The van der Waals surface area contributed by atoms with Crippen LogP contribution in [0.25, 0.3) is 0 Å². The number of rotatable bonds is 4. The fourth-order valence-corrected chi connectivity index (χ4v) is 1.52. The van der Waals surface area contributed by atoms with Gasteiger partial charge in [0.05, 0.1) is 6.04 Å². The van der Waals surface area contributed by atoms with Gasteiger partial charge in [-0.2, -0.15) is 0 Å². The van der Waals surface area contributed by atoms with Gasteiger partial charge in [-0.25, -0.2) is 13.6 Å². The largest absolute Gasteiger partial charge is 0.444 e. The summed E-state index contributed by atoms with van der Waals surface area (Å²) in [6.07, 6.45) is -0.368. The predicted octanol–water partition coefficient (Wildman–Crippen LogP) is 3.23. The first-order valence-electron chi connectivity index (χ1n) is 6.10. The Morgan fingerprint density at radius 1 is 1.32 bits per heavy atom. The maximum absolute atomic E-state index is 12.9. The van der Waals surface area contributed by atoms with Crippen LogP contribution in [0, 0.1) is 5.82 Å². The van der Waals surface area contributed by atoms with Gasteiger partial charge in [0.1, 0.15) is 18.1 Å². The number of ether oxygens (including phenoxy) is 1. The molecule has 1 aromatic rings. The highest BCUT2D eigenvalue weighted by Crippen LogP contribution is 2.09. The van der Waals surface area contributed by atoms with Gasteiger partial charge in [-0.1, -0.05) is 12.1 Å². The van der Waals surface area contributed by atoms with Crippen molar-refractivity contribution in [2.24, 2.45) is 0 Å². The molecular formula is C14H19F2NO2. The van der Waals surface area contributed by atoms with E-state index in [9.17, 15) is 13.6 Å². The Hall–Kier alpha value is -1.65. The lowest BCUT2D eigenvalue weighted by molar-refractivity contribution is 0.0496. The lowest BCUT2D eigenvalue weighted by Crippen LogP contribution is -2.41. The smallest absolute Gasteiger partial charge is 0.407 e. The van der Waals surface area contributed by atoms with E-state index < -0.39 is 24.4 Å². The first-order chi connectivity index (χ1) is 8.80. The number of alkyl carbamates (subject to hydrolysis) is 1. The number of nitrogens with one attached hydrogen (secondary N) is 1. The van der Waals surface area contributed by atoms with E-state index >= 15 is 0 Å². The van der Waals surface area contributed by atoms with Crippen molar-refractivity contribution in [2.45, 2.75) is 38.8 Å². The zero-order valence-electron chi connectivity index (χ0n) is 11.4. The number of carbonyl (C=O) groups excluding carboxylic acids is 1. The van der Waals surface area contributed by atoms with E-state index in [4.69, 9.17) is 4.74 Å². The molecular weight excluding hydrogens is 252 g/mol. The summed E-state index contributed by atoms with van der Waals surface area (Å²) in [5.74, 6) is -0.347. The van der Waals surface area contributed by atoms with Gasteiger partial charge in [0.25, 0.3) is 0 Å². The Kier molecular flexibility index (Phi) is 5.27. The van der Waals surface area contributed by atoms with Gasteiger partial charge >= 0.3 is 6.09 Å². The molecule has 0 fully saturated rings. The van der Waals surface area contributed by atoms with Gasteiger partial charge in [-0.3, -0.25) is 0 Å². The maximum Gasteiger partial charge on any atom is 0.407 e. The summed E-state index contributed by atoms with van der Waals surface area (Å²) in [4.78, 5) is 11.5. The second-order valence-electron chi connectivity index (χ2n) is 5.33. The van der Waals surface area contributed by atoms with Crippen molar-refractivity contribution < 1.29 is 18.3 Å². The van der Waals surface area contributed by atoms with E-state index in [2.05, 4.69) is 5.32 Å². The lowest BCUT2D eigenvalue weighted by Gasteiger charge is -2.22. The lowest BCUT2D eigenvalue weighted by atomic mass is 10.1. The molecule has 1 rings (SSSR count). The predicted molar refractivity (Wildman–Crippen MR) is 69.2 cm³/mol. The van der Waals surface area contributed by atoms with Crippen molar-refractivity contribution in [1.82, 2.24) is 5.32 Å². The normalized spacial score (nSPS) is 12.9. The molecule has 1 aromatic carbocycles. The SMILES string of the molecule is CC(C)(C)OC(=O)N[C@H](CF)Cc1ccc(F)cc1. The molecule has 1 N–H and O–H groups in total. The van der Waals surface area contributed by atoms with Crippen LogP contribution in [0.3, 0.4) is 0 Å². The van der Waals surface area contributed by atoms with Crippen LogP contribution >= 0.6 is 0 Å². The van der Waals surface area contributed by atoms with Crippen molar-refractivity contribution in [3.8, 4) is 0 Å². The summed E-state index contributed by atoms with van der Waals surface area (Å²) in [5.41, 5.74) is 0.126. The Morgan fingerprint density at radius 2 is 1.89 bits per heavy atom. The van der Waals surface area contributed by atoms with Crippen molar-refractivity contribution in [3.63, 3.8) is 0 Å². The van der Waals surface area contributed by atoms with Gasteiger partial charge < -0.3 is 10.1 Å². The molecule has 0 aliphatic heterocycles. The maximum atomic E-state index is 12.9. The summed E-state index contributed by atoms with van der Waals surface area (Å²) < 4.78 is 30.7. The molecule has 0 aromatic heterocycles. The molecule has 0 spiro atoms. The number of carbonyl (C=O) groups is 1. The molecule has 19 heavy (non-hydrogen) atoms. The highest BCUT2D eigenvalue weighted by Gasteiger charge is 2.19. The van der Waals surface area contributed by atoms with Gasteiger partial charge in [0.2, 0.25) is 0 Å². The minimum atomic E-state index is -0.712. The summed E-state index contributed by atoms with van der Waals surface area (Å²) in [7, 11) is 0. The first-order valence-corrected chi connectivity index (χ1v) is 6.10. The van der Waals surface area contributed by atoms with E-state index in [1.165, 1.54) is 12.1 Å². The van der Waals surface area contributed by atoms with Crippen molar-refractivity contribution in [3.05, 3.63) is 35.6 Å². The topological polar surface area (TPSA) is 38.3 Å². The van der Waals surface area contributed by atoms with Crippen molar-refractivity contribution >= 4 is 6.09 Å². The number of hydrogen-bond donors (Lipinski definition) is 1. The van der Waals surface area contributed by atoms with Crippen LogP contribution in [0.4, 0.5) is 13.6 Å². The molecule has 1 atom stereocenters. The van der Waals surface area contributed by atoms with E-state index in [1.54, 1.807) is 32.9 Å². The fraction of sp³-hybridized carbons (Fsp3) is 0.500. The van der Waals surface area contributed by atoms with Gasteiger partial charge in [0.15, 0.2) is 0 Å². The standard InChI is InChI=1S/C14H19F2NO2/c1-14(2,3)19-13(18)17-12(9-15)8-10-4-6-11(16)7-5-10/h4-7,12H,8-9H2,1-3H3,(H,17,18)/t12-/m0/s1. The van der Waals surface area contributed by atoms with E-state index in [0.29, 0.717) is 0 Å². The van der Waals surface area contributed by atoms with Gasteiger partial charge in [-0.15, -0.1) is 0 Å². The second kappa shape index (κ2) is 6.50. The summed E-state index contributed by atoms with van der Waals surface area (Å²) in [6.45, 7) is 4.49. The molecule has 0 saturated carbocycles. The third-order valence-corrected chi connectivity index (χ3v) is 2.30. The van der Waals surface area contributed by atoms with Crippen LogP contribution < -0.4 is 5.32 Å². The molecule has 0 unspecified atom stereocenters. The van der Waals surface area contributed by atoms with Crippen LogP contribution in [-0.4, -0.2) is 24.4 Å². The molecule has 0 bridgehead atoms. The van der Waals surface area contributed by atoms with Crippen LogP contribution in [-0.2, 0) is 11.2 Å². The van der Waals surface area contributed by atoms with Crippen LogP contribution in [0.15, 0.2) is 24.3 Å². The number of benzene rings is 1. The highest BCUT2D eigenvalue weighted by atomic mass is 19.1. The Morgan fingerprint density at radius 3 is 2.37 bits per heavy atom. The average molecular weight is 271 g/mol. The van der Waals surface area contributed by atoms with E-state index in [-0.39, 0.29) is 12.2 Å². The second-order valence-corrected chi connectivity index (χ2v) is 5.33. The van der Waals surface area contributed by atoms with Gasteiger partial charge in [-0.05, 0) is 44.9 Å². The molecule has 0 aliphatic carbocycles. The minimum absolute atomic E-state index is 0.288. The summed E-state index contributed by atoms with van der Waals surface area (Å²) in [5, 5.41) is 2.46. The van der Waals surface area contributed by atoms with Crippen molar-refractivity contribution in [1.29, 1.82) is 0 Å². The van der Waals surface area contributed by atoms with E-state index in [1.807, 2.05) is 0 Å². The molecule has 5 heteroatoms. The Bertz CT molecular complexity index is 412. The molecule has 3 nitrogen and oxygen atoms in total. The zero-order valence-corrected chi connectivity index (χ0v) is 11.4. The number of alkyl halides is 1. The highest BCUT2D eigenvalue weighted by molar-refractivity contribution is 5.68. The Balaban J connectivity index is 2.54. The third kappa shape index (κ3) is 6.18. The number of hydrogen-bond acceptors (Lipinski definition) is 2. The molecule has 0 radical (unpaired) electrons. The number of halogens is 2. The van der Waals surface area contributed by atoms with Crippen LogP contribution in [0.1, 0.15) is 26.3 Å². The average Bonchev–Trinajstić information content (AvgIpc) is 2.28. The number of amides is 1. The third-order valence-electron chi connectivity index (χ3n) is 2.30.